The number of nitrogens with one attached hydrogen (secondary N) is 1. The van der Waals surface area contributed by atoms with Gasteiger partial charge in [-0.2, -0.15) is 0 Å². The molecule has 1 fully saturated rings. The Kier molecular flexibility index (Phi) is 3.46. The van der Waals surface area contributed by atoms with E-state index < -0.39 is 0 Å². The highest BCUT2D eigenvalue weighted by Gasteiger charge is 2.31. The summed E-state index contributed by atoms with van der Waals surface area (Å²) in [4.78, 5) is 11.5. The molecule has 2 heterocycles. The molecule has 0 aromatic carbocycles. The van der Waals surface area contributed by atoms with Crippen LogP contribution in [0.2, 0.25) is 0 Å². The maximum atomic E-state index is 4.64. The average Bonchev–Trinajstić information content (AvgIpc) is 2.64. The van der Waals surface area contributed by atoms with Crippen LogP contribution in [0, 0.1) is 19.3 Å². The van der Waals surface area contributed by atoms with Crippen LogP contribution in [-0.2, 0) is 0 Å². The molecule has 0 unspecified atom stereocenters. The largest absolute Gasteiger partial charge is 0.370 e. The molecule has 0 amide bonds. The van der Waals surface area contributed by atoms with Gasteiger partial charge in [0, 0.05) is 25.2 Å². The molecule has 1 N–H and O–H groups in total. The van der Waals surface area contributed by atoms with Crippen molar-refractivity contribution in [2.75, 3.05) is 29.9 Å². The number of nitrogens with zero attached hydrogens (tertiary/aromatic N) is 3. The molecule has 0 aliphatic carbocycles. The zero-order valence-corrected chi connectivity index (χ0v) is 12.2. The molecule has 1 aliphatic rings. The molecular formula is C14H24N4. The molecule has 18 heavy (non-hydrogen) atoms. The van der Waals surface area contributed by atoms with Gasteiger partial charge in [0.25, 0.3) is 0 Å². The van der Waals surface area contributed by atoms with E-state index in [0.29, 0.717) is 5.41 Å². The van der Waals surface area contributed by atoms with Gasteiger partial charge in [0.2, 0.25) is 0 Å². The first-order chi connectivity index (χ1) is 8.43. The van der Waals surface area contributed by atoms with Gasteiger partial charge in [-0.15, -0.1) is 0 Å². The van der Waals surface area contributed by atoms with E-state index in [2.05, 4.69) is 47.9 Å². The zero-order valence-electron chi connectivity index (χ0n) is 12.2. The minimum Gasteiger partial charge on any atom is -0.370 e. The maximum Gasteiger partial charge on any atom is 0.137 e. The molecule has 0 radical (unpaired) electrons. The summed E-state index contributed by atoms with van der Waals surface area (Å²) < 4.78 is 0. The van der Waals surface area contributed by atoms with Gasteiger partial charge in [-0.1, -0.05) is 13.8 Å². The lowest BCUT2D eigenvalue weighted by Crippen LogP contribution is -2.25. The van der Waals surface area contributed by atoms with E-state index in [1.807, 2.05) is 6.92 Å². The van der Waals surface area contributed by atoms with Crippen molar-refractivity contribution in [3.8, 4) is 0 Å². The zero-order chi connectivity index (χ0) is 13.3. The fourth-order valence-corrected chi connectivity index (χ4v) is 2.55. The molecule has 4 nitrogen and oxygen atoms in total. The van der Waals surface area contributed by atoms with E-state index in [-0.39, 0.29) is 0 Å². The predicted octanol–water partition coefficient (Wildman–Crippen LogP) is 2.76. The van der Waals surface area contributed by atoms with Crippen LogP contribution in [0.4, 0.5) is 11.6 Å². The van der Waals surface area contributed by atoms with Gasteiger partial charge in [0.15, 0.2) is 0 Å². The van der Waals surface area contributed by atoms with Crippen LogP contribution in [0.5, 0.6) is 0 Å². The van der Waals surface area contributed by atoms with E-state index in [0.717, 1.165) is 37.1 Å². The highest BCUT2D eigenvalue weighted by molar-refractivity contribution is 5.59. The third kappa shape index (κ3) is 2.57. The second-order valence-corrected chi connectivity index (χ2v) is 5.93. The molecule has 2 rings (SSSR count). The number of anilines is 2. The van der Waals surface area contributed by atoms with Gasteiger partial charge in [-0.3, -0.25) is 0 Å². The average molecular weight is 248 g/mol. The highest BCUT2D eigenvalue weighted by Crippen LogP contribution is 2.34. The van der Waals surface area contributed by atoms with Gasteiger partial charge in [0.1, 0.15) is 17.5 Å². The topological polar surface area (TPSA) is 41.1 Å². The SMILES string of the molecule is CCNc1nc(C)nc(N2CCC(C)(C)C2)c1C. The van der Waals surface area contributed by atoms with Crippen molar-refractivity contribution >= 4 is 11.6 Å². The molecule has 1 aromatic rings. The standard InChI is InChI=1S/C14H24N4/c1-6-15-12-10(2)13(17-11(3)16-12)18-8-7-14(4,5)9-18/h6-9H2,1-5H3,(H,15,16,17). The van der Waals surface area contributed by atoms with Crippen molar-refractivity contribution in [3.63, 3.8) is 0 Å². The Labute approximate surface area is 110 Å². The molecule has 100 valence electrons. The Bertz CT molecular complexity index is 440. The van der Waals surface area contributed by atoms with Crippen LogP contribution in [0.25, 0.3) is 0 Å². The first kappa shape index (κ1) is 13.1. The molecule has 1 aliphatic heterocycles. The number of aryl methyl sites for hydroxylation is 1. The highest BCUT2D eigenvalue weighted by atomic mass is 15.2. The summed E-state index contributed by atoms with van der Waals surface area (Å²) in [6.45, 7) is 13.9. The fourth-order valence-electron chi connectivity index (χ4n) is 2.55. The van der Waals surface area contributed by atoms with Gasteiger partial charge >= 0.3 is 0 Å². The van der Waals surface area contributed by atoms with Crippen LogP contribution in [0.15, 0.2) is 0 Å². The van der Waals surface area contributed by atoms with Crippen LogP contribution < -0.4 is 10.2 Å². The number of hydrogen-bond donors (Lipinski definition) is 1. The molecule has 1 saturated heterocycles. The van der Waals surface area contributed by atoms with Crippen LogP contribution in [0.1, 0.15) is 38.6 Å². The smallest absolute Gasteiger partial charge is 0.137 e. The Morgan fingerprint density at radius 1 is 1.28 bits per heavy atom. The van der Waals surface area contributed by atoms with Crippen LogP contribution in [-0.4, -0.2) is 29.6 Å². The second kappa shape index (κ2) is 4.75. The first-order valence-electron chi connectivity index (χ1n) is 6.77. The summed E-state index contributed by atoms with van der Waals surface area (Å²) in [7, 11) is 0. The Balaban J connectivity index is 2.33. The third-order valence-electron chi connectivity index (χ3n) is 3.55. The quantitative estimate of drug-likeness (QED) is 0.893. The van der Waals surface area contributed by atoms with Crippen molar-refractivity contribution in [1.82, 2.24) is 9.97 Å². The van der Waals surface area contributed by atoms with Gasteiger partial charge in [0.05, 0.1) is 0 Å². The van der Waals surface area contributed by atoms with Gasteiger partial charge in [-0.25, -0.2) is 9.97 Å². The summed E-state index contributed by atoms with van der Waals surface area (Å²) in [5.41, 5.74) is 1.56. The van der Waals surface area contributed by atoms with Gasteiger partial charge < -0.3 is 10.2 Å². The van der Waals surface area contributed by atoms with Crippen molar-refractivity contribution < 1.29 is 0 Å². The first-order valence-corrected chi connectivity index (χ1v) is 6.77. The molecule has 1 aromatic heterocycles. The third-order valence-corrected chi connectivity index (χ3v) is 3.55. The number of aromatic nitrogens is 2. The summed E-state index contributed by atoms with van der Waals surface area (Å²) >= 11 is 0. The predicted molar refractivity (Wildman–Crippen MR) is 76.3 cm³/mol. The van der Waals surface area contributed by atoms with Crippen molar-refractivity contribution in [3.05, 3.63) is 11.4 Å². The van der Waals surface area contributed by atoms with Crippen LogP contribution in [0.3, 0.4) is 0 Å². The normalized spacial score (nSPS) is 18.2. The van der Waals surface area contributed by atoms with E-state index in [4.69, 9.17) is 0 Å². The summed E-state index contributed by atoms with van der Waals surface area (Å²) in [6.07, 6.45) is 1.23. The molecule has 0 saturated carbocycles. The molecule has 0 atom stereocenters. The van der Waals surface area contributed by atoms with E-state index >= 15 is 0 Å². The van der Waals surface area contributed by atoms with Gasteiger partial charge in [-0.05, 0) is 32.6 Å². The Morgan fingerprint density at radius 2 is 2.00 bits per heavy atom. The Morgan fingerprint density at radius 3 is 2.56 bits per heavy atom. The monoisotopic (exact) mass is 248 g/mol. The van der Waals surface area contributed by atoms with E-state index in [1.165, 1.54) is 12.0 Å². The molecule has 4 heteroatoms. The van der Waals surface area contributed by atoms with E-state index in [1.54, 1.807) is 0 Å². The van der Waals surface area contributed by atoms with Crippen molar-refractivity contribution in [2.45, 2.75) is 41.0 Å². The summed E-state index contributed by atoms with van der Waals surface area (Å²) in [6, 6.07) is 0. The molecular weight excluding hydrogens is 224 g/mol. The number of rotatable bonds is 3. The van der Waals surface area contributed by atoms with E-state index in [9.17, 15) is 0 Å². The Hall–Kier alpha value is -1.32. The lowest BCUT2D eigenvalue weighted by atomic mass is 9.93. The fraction of sp³-hybridized carbons (Fsp3) is 0.714. The maximum absolute atomic E-state index is 4.64. The molecule has 0 spiro atoms. The number of hydrogen-bond acceptors (Lipinski definition) is 4. The second-order valence-electron chi connectivity index (χ2n) is 5.93. The minimum atomic E-state index is 0.393. The minimum absolute atomic E-state index is 0.393. The summed E-state index contributed by atoms with van der Waals surface area (Å²) in [5, 5.41) is 3.32. The van der Waals surface area contributed by atoms with Crippen molar-refractivity contribution in [2.24, 2.45) is 5.41 Å². The van der Waals surface area contributed by atoms with Crippen LogP contribution >= 0.6 is 0 Å². The lowest BCUT2D eigenvalue weighted by molar-refractivity contribution is 0.418. The molecule has 0 bridgehead atoms. The van der Waals surface area contributed by atoms with Crippen molar-refractivity contribution in [1.29, 1.82) is 0 Å². The lowest BCUT2D eigenvalue weighted by Gasteiger charge is -2.23. The summed E-state index contributed by atoms with van der Waals surface area (Å²) in [5.74, 6) is 2.92.